The lowest BCUT2D eigenvalue weighted by atomic mass is 10.2. The van der Waals surface area contributed by atoms with Crippen LogP contribution in [0.15, 0.2) is 59.5 Å². The van der Waals surface area contributed by atoms with E-state index in [9.17, 15) is 8.42 Å². The third-order valence-corrected chi connectivity index (χ3v) is 5.10. The van der Waals surface area contributed by atoms with E-state index in [2.05, 4.69) is 5.32 Å². The summed E-state index contributed by atoms with van der Waals surface area (Å²) in [5.74, 6) is 0. The monoisotopic (exact) mass is 304 g/mol. The molecular formula is C16H20N2O2S. The van der Waals surface area contributed by atoms with Gasteiger partial charge in [-0.15, -0.1) is 0 Å². The Morgan fingerprint density at radius 2 is 1.76 bits per heavy atom. The molecule has 0 aromatic heterocycles. The molecule has 0 radical (unpaired) electrons. The first-order valence-corrected chi connectivity index (χ1v) is 8.35. The largest absolute Gasteiger partial charge is 0.316 e. The molecule has 1 N–H and O–H groups in total. The first-order chi connectivity index (χ1) is 10.1. The van der Waals surface area contributed by atoms with Gasteiger partial charge in [-0.05, 0) is 43.8 Å². The van der Waals surface area contributed by atoms with E-state index in [1.807, 2.05) is 38.2 Å². The second kappa shape index (κ2) is 6.74. The summed E-state index contributed by atoms with van der Waals surface area (Å²) in [5.41, 5.74) is 1.63. The van der Waals surface area contributed by atoms with Crippen molar-refractivity contribution < 1.29 is 8.42 Å². The van der Waals surface area contributed by atoms with Crippen molar-refractivity contribution in [2.45, 2.75) is 18.4 Å². The smallest absolute Gasteiger partial charge is 0.264 e. The Kier molecular flexibility index (Phi) is 4.98. The van der Waals surface area contributed by atoms with E-state index in [0.29, 0.717) is 23.7 Å². The molecule has 112 valence electrons. The van der Waals surface area contributed by atoms with Gasteiger partial charge in [-0.2, -0.15) is 0 Å². The normalized spacial score (nSPS) is 11.3. The number of sulfonamides is 1. The summed E-state index contributed by atoms with van der Waals surface area (Å²) < 4.78 is 27.1. The van der Waals surface area contributed by atoms with Crippen molar-refractivity contribution in [1.82, 2.24) is 5.32 Å². The third-order valence-electron chi connectivity index (χ3n) is 3.20. The van der Waals surface area contributed by atoms with Crippen molar-refractivity contribution >= 4 is 15.7 Å². The van der Waals surface area contributed by atoms with Crippen LogP contribution in [0.2, 0.25) is 0 Å². The molecule has 5 heteroatoms. The lowest BCUT2D eigenvalue weighted by Crippen LogP contribution is -2.30. The highest BCUT2D eigenvalue weighted by molar-refractivity contribution is 7.92. The SMILES string of the molecule is CCN(c1ccccc1)S(=O)(=O)c1cccc(CNC)c1. The zero-order chi connectivity index (χ0) is 15.3. The number of hydrogen-bond acceptors (Lipinski definition) is 3. The van der Waals surface area contributed by atoms with Gasteiger partial charge in [0, 0.05) is 13.1 Å². The lowest BCUT2D eigenvalue weighted by Gasteiger charge is -2.23. The van der Waals surface area contributed by atoms with Gasteiger partial charge in [0.2, 0.25) is 0 Å². The molecule has 0 aliphatic rings. The second-order valence-electron chi connectivity index (χ2n) is 4.68. The molecule has 4 nitrogen and oxygen atoms in total. The molecular weight excluding hydrogens is 284 g/mol. The molecule has 0 bridgehead atoms. The first-order valence-electron chi connectivity index (χ1n) is 6.91. The molecule has 0 spiro atoms. The van der Waals surface area contributed by atoms with Gasteiger partial charge in [0.25, 0.3) is 10.0 Å². The average molecular weight is 304 g/mol. The van der Waals surface area contributed by atoms with Crippen LogP contribution in [0, 0.1) is 0 Å². The number of para-hydroxylation sites is 1. The fourth-order valence-corrected chi connectivity index (χ4v) is 3.78. The summed E-state index contributed by atoms with van der Waals surface area (Å²) in [6, 6.07) is 16.2. The standard InChI is InChI=1S/C16H20N2O2S/c1-3-18(15-9-5-4-6-10-15)21(19,20)16-11-7-8-14(12-16)13-17-2/h4-12,17H,3,13H2,1-2H3. The summed E-state index contributed by atoms with van der Waals surface area (Å²) >= 11 is 0. The van der Waals surface area contributed by atoms with E-state index < -0.39 is 10.0 Å². The molecule has 0 atom stereocenters. The van der Waals surface area contributed by atoms with Crippen molar-refractivity contribution in [2.75, 3.05) is 17.9 Å². The molecule has 2 aromatic rings. The molecule has 0 heterocycles. The Bertz CT molecular complexity index is 684. The first kappa shape index (κ1) is 15.5. The maximum Gasteiger partial charge on any atom is 0.264 e. The van der Waals surface area contributed by atoms with Crippen LogP contribution in [0.5, 0.6) is 0 Å². The number of anilines is 1. The highest BCUT2D eigenvalue weighted by Crippen LogP contribution is 2.23. The Morgan fingerprint density at radius 3 is 2.38 bits per heavy atom. The minimum Gasteiger partial charge on any atom is -0.316 e. The fraction of sp³-hybridized carbons (Fsp3) is 0.250. The van der Waals surface area contributed by atoms with Gasteiger partial charge in [0.1, 0.15) is 0 Å². The summed E-state index contributed by atoms with van der Waals surface area (Å²) in [4.78, 5) is 0.320. The molecule has 0 saturated heterocycles. The van der Waals surface area contributed by atoms with Crippen molar-refractivity contribution in [3.8, 4) is 0 Å². The van der Waals surface area contributed by atoms with Gasteiger partial charge in [-0.3, -0.25) is 4.31 Å². The second-order valence-corrected chi connectivity index (χ2v) is 6.55. The Hall–Kier alpha value is -1.85. The highest BCUT2D eigenvalue weighted by atomic mass is 32.2. The predicted octanol–water partition coefficient (Wildman–Crippen LogP) is 2.62. The predicted molar refractivity (Wildman–Crippen MR) is 85.9 cm³/mol. The molecule has 2 aromatic carbocycles. The van der Waals surface area contributed by atoms with Crippen LogP contribution in [-0.4, -0.2) is 22.0 Å². The summed E-state index contributed by atoms with van der Waals surface area (Å²) in [6.45, 7) is 2.87. The van der Waals surface area contributed by atoms with E-state index in [1.54, 1.807) is 30.3 Å². The highest BCUT2D eigenvalue weighted by Gasteiger charge is 2.23. The van der Waals surface area contributed by atoms with Crippen molar-refractivity contribution in [3.63, 3.8) is 0 Å². The minimum absolute atomic E-state index is 0.320. The average Bonchev–Trinajstić information content (AvgIpc) is 2.49. The van der Waals surface area contributed by atoms with Gasteiger partial charge in [-0.1, -0.05) is 30.3 Å². The van der Waals surface area contributed by atoms with E-state index in [0.717, 1.165) is 5.56 Å². The van der Waals surface area contributed by atoms with Crippen LogP contribution in [0.3, 0.4) is 0 Å². The van der Waals surface area contributed by atoms with E-state index in [-0.39, 0.29) is 0 Å². The number of benzene rings is 2. The number of hydrogen-bond donors (Lipinski definition) is 1. The lowest BCUT2D eigenvalue weighted by molar-refractivity contribution is 0.591. The van der Waals surface area contributed by atoms with Gasteiger partial charge in [-0.25, -0.2) is 8.42 Å². The fourth-order valence-electron chi connectivity index (χ4n) is 2.23. The van der Waals surface area contributed by atoms with Crippen molar-refractivity contribution in [2.24, 2.45) is 0 Å². The van der Waals surface area contributed by atoms with Crippen molar-refractivity contribution in [1.29, 1.82) is 0 Å². The zero-order valence-corrected chi connectivity index (χ0v) is 13.1. The summed E-state index contributed by atoms with van der Waals surface area (Å²) in [7, 11) is -1.70. The molecule has 0 aliphatic carbocycles. The Morgan fingerprint density at radius 1 is 1.05 bits per heavy atom. The third kappa shape index (κ3) is 3.43. The molecule has 2 rings (SSSR count). The van der Waals surface area contributed by atoms with Crippen LogP contribution < -0.4 is 9.62 Å². The molecule has 21 heavy (non-hydrogen) atoms. The molecule has 0 aliphatic heterocycles. The quantitative estimate of drug-likeness (QED) is 0.892. The van der Waals surface area contributed by atoms with Crippen molar-refractivity contribution in [3.05, 3.63) is 60.2 Å². The van der Waals surface area contributed by atoms with Crippen LogP contribution >= 0.6 is 0 Å². The van der Waals surface area contributed by atoms with Crippen LogP contribution in [-0.2, 0) is 16.6 Å². The van der Waals surface area contributed by atoms with E-state index >= 15 is 0 Å². The van der Waals surface area contributed by atoms with Crippen LogP contribution in [0.1, 0.15) is 12.5 Å². The maximum atomic E-state index is 12.8. The van der Waals surface area contributed by atoms with Gasteiger partial charge < -0.3 is 5.32 Å². The van der Waals surface area contributed by atoms with Crippen LogP contribution in [0.25, 0.3) is 0 Å². The maximum absolute atomic E-state index is 12.8. The Labute approximate surface area is 126 Å². The van der Waals surface area contributed by atoms with E-state index in [4.69, 9.17) is 0 Å². The molecule has 0 saturated carbocycles. The molecule has 0 unspecified atom stereocenters. The Balaban J connectivity index is 2.42. The number of nitrogens with one attached hydrogen (secondary N) is 1. The summed E-state index contributed by atoms with van der Waals surface area (Å²) in [5, 5.41) is 3.03. The minimum atomic E-state index is -3.54. The molecule has 0 fully saturated rings. The van der Waals surface area contributed by atoms with E-state index in [1.165, 1.54) is 4.31 Å². The zero-order valence-electron chi connectivity index (χ0n) is 12.3. The molecule has 0 amide bonds. The number of rotatable bonds is 6. The van der Waals surface area contributed by atoms with Gasteiger partial charge in [0.15, 0.2) is 0 Å². The topological polar surface area (TPSA) is 49.4 Å². The summed E-state index contributed by atoms with van der Waals surface area (Å²) in [6.07, 6.45) is 0. The number of nitrogens with zero attached hydrogens (tertiary/aromatic N) is 1. The van der Waals surface area contributed by atoms with Gasteiger partial charge in [0.05, 0.1) is 10.6 Å². The van der Waals surface area contributed by atoms with Crippen LogP contribution in [0.4, 0.5) is 5.69 Å². The van der Waals surface area contributed by atoms with Gasteiger partial charge >= 0.3 is 0 Å².